The molecule has 0 saturated heterocycles. The van der Waals surface area contributed by atoms with Crippen LogP contribution in [0.15, 0.2) is 30.3 Å². The molecule has 6 heteroatoms. The van der Waals surface area contributed by atoms with E-state index in [-0.39, 0.29) is 11.3 Å². The predicted molar refractivity (Wildman–Crippen MR) is 65.4 cm³/mol. The normalized spacial score (nSPS) is 10.9. The minimum absolute atomic E-state index is 0.0524. The lowest BCUT2D eigenvalue weighted by Crippen LogP contribution is -1.88. The fourth-order valence-corrected chi connectivity index (χ4v) is 1.73. The molecular formula is C12H9FN4O. The highest BCUT2D eigenvalue weighted by molar-refractivity contribution is 5.78. The van der Waals surface area contributed by atoms with Crippen molar-refractivity contribution in [1.29, 1.82) is 0 Å². The van der Waals surface area contributed by atoms with Crippen molar-refractivity contribution in [1.82, 2.24) is 15.0 Å². The van der Waals surface area contributed by atoms with Crippen LogP contribution in [0.4, 0.5) is 10.2 Å². The van der Waals surface area contributed by atoms with E-state index in [0.29, 0.717) is 22.8 Å². The fraction of sp³-hybridized carbons (Fsp3) is 0. The average Bonchev–Trinajstić information content (AvgIpc) is 2.74. The second-order valence-corrected chi connectivity index (χ2v) is 3.85. The summed E-state index contributed by atoms with van der Waals surface area (Å²) in [5, 5.41) is 9.70. The Morgan fingerprint density at radius 2 is 2.00 bits per heavy atom. The number of nitrogens with zero attached hydrogens (tertiary/aromatic N) is 2. The highest BCUT2D eigenvalue weighted by Gasteiger charge is 2.11. The van der Waals surface area contributed by atoms with E-state index < -0.39 is 5.82 Å². The van der Waals surface area contributed by atoms with Gasteiger partial charge >= 0.3 is 0 Å². The van der Waals surface area contributed by atoms with Crippen molar-refractivity contribution < 1.29 is 9.50 Å². The molecule has 0 aliphatic carbocycles. The van der Waals surface area contributed by atoms with Crippen molar-refractivity contribution in [3.63, 3.8) is 0 Å². The molecule has 18 heavy (non-hydrogen) atoms. The van der Waals surface area contributed by atoms with Crippen LogP contribution in [0.2, 0.25) is 0 Å². The van der Waals surface area contributed by atoms with Gasteiger partial charge in [0.2, 0.25) is 0 Å². The number of imidazole rings is 1. The SMILES string of the molecule is Nc1ccc2[nH]c(-c3cc(F)ccc3O)nc2n1. The number of aromatic hydroxyl groups is 1. The van der Waals surface area contributed by atoms with Crippen LogP contribution >= 0.6 is 0 Å². The first kappa shape index (κ1) is 10.5. The predicted octanol–water partition coefficient (Wildman–Crippen LogP) is 2.05. The molecule has 1 aromatic carbocycles. The molecule has 0 spiro atoms. The molecule has 0 saturated carbocycles. The Morgan fingerprint density at radius 3 is 2.83 bits per heavy atom. The van der Waals surface area contributed by atoms with E-state index in [1.165, 1.54) is 18.2 Å². The molecular weight excluding hydrogens is 235 g/mol. The number of phenols is 1. The average molecular weight is 244 g/mol. The Balaban J connectivity index is 2.22. The van der Waals surface area contributed by atoms with Crippen LogP contribution in [0.3, 0.4) is 0 Å². The van der Waals surface area contributed by atoms with Crippen LogP contribution in [-0.4, -0.2) is 20.1 Å². The number of halogens is 1. The lowest BCUT2D eigenvalue weighted by Gasteiger charge is -2.00. The van der Waals surface area contributed by atoms with E-state index in [2.05, 4.69) is 15.0 Å². The van der Waals surface area contributed by atoms with Gasteiger partial charge in [0.05, 0.1) is 11.1 Å². The first-order valence-corrected chi connectivity index (χ1v) is 5.24. The van der Waals surface area contributed by atoms with Crippen LogP contribution in [-0.2, 0) is 0 Å². The van der Waals surface area contributed by atoms with E-state index in [1.54, 1.807) is 12.1 Å². The van der Waals surface area contributed by atoms with Crippen molar-refractivity contribution >= 4 is 17.0 Å². The quantitative estimate of drug-likeness (QED) is 0.611. The molecule has 4 N–H and O–H groups in total. The highest BCUT2D eigenvalue weighted by Crippen LogP contribution is 2.28. The summed E-state index contributed by atoms with van der Waals surface area (Å²) in [6.07, 6.45) is 0. The van der Waals surface area contributed by atoms with E-state index in [0.717, 1.165) is 0 Å². The monoisotopic (exact) mass is 244 g/mol. The summed E-state index contributed by atoms with van der Waals surface area (Å²) in [4.78, 5) is 11.2. The summed E-state index contributed by atoms with van der Waals surface area (Å²) in [5.74, 6) is 0.197. The van der Waals surface area contributed by atoms with Crippen molar-refractivity contribution in [2.75, 3.05) is 5.73 Å². The van der Waals surface area contributed by atoms with Crippen LogP contribution in [0.1, 0.15) is 0 Å². The summed E-state index contributed by atoms with van der Waals surface area (Å²) in [6.45, 7) is 0. The largest absolute Gasteiger partial charge is 0.507 e. The highest BCUT2D eigenvalue weighted by atomic mass is 19.1. The summed E-state index contributed by atoms with van der Waals surface area (Å²) >= 11 is 0. The Kier molecular flexibility index (Phi) is 2.16. The van der Waals surface area contributed by atoms with Gasteiger partial charge in [-0.25, -0.2) is 14.4 Å². The molecule has 2 heterocycles. The van der Waals surface area contributed by atoms with Crippen molar-refractivity contribution in [3.8, 4) is 17.1 Å². The molecule has 3 aromatic rings. The van der Waals surface area contributed by atoms with Crippen LogP contribution in [0, 0.1) is 5.82 Å². The number of hydrogen-bond donors (Lipinski definition) is 3. The smallest absolute Gasteiger partial charge is 0.180 e. The summed E-state index contributed by atoms with van der Waals surface area (Å²) in [7, 11) is 0. The maximum absolute atomic E-state index is 13.2. The van der Waals surface area contributed by atoms with E-state index in [1.807, 2.05) is 0 Å². The molecule has 0 atom stereocenters. The van der Waals surface area contributed by atoms with Crippen LogP contribution in [0.5, 0.6) is 5.75 Å². The van der Waals surface area contributed by atoms with Crippen molar-refractivity contribution in [2.45, 2.75) is 0 Å². The maximum Gasteiger partial charge on any atom is 0.180 e. The zero-order valence-electron chi connectivity index (χ0n) is 9.18. The van der Waals surface area contributed by atoms with Gasteiger partial charge in [-0.05, 0) is 30.3 Å². The van der Waals surface area contributed by atoms with Gasteiger partial charge in [0.25, 0.3) is 0 Å². The molecule has 0 aliphatic rings. The number of benzene rings is 1. The zero-order valence-corrected chi connectivity index (χ0v) is 9.18. The Morgan fingerprint density at radius 1 is 1.17 bits per heavy atom. The number of phenolic OH excluding ortho intramolecular Hbond substituents is 1. The molecule has 0 amide bonds. The Bertz CT molecular complexity index is 738. The molecule has 5 nitrogen and oxygen atoms in total. The van der Waals surface area contributed by atoms with Gasteiger partial charge in [-0.3, -0.25) is 0 Å². The summed E-state index contributed by atoms with van der Waals surface area (Å²) in [6, 6.07) is 7.02. The van der Waals surface area contributed by atoms with Gasteiger partial charge in [0.15, 0.2) is 5.65 Å². The number of nitrogen functional groups attached to an aromatic ring is 1. The van der Waals surface area contributed by atoms with Crippen molar-refractivity contribution in [3.05, 3.63) is 36.1 Å². The number of aromatic amines is 1. The van der Waals surface area contributed by atoms with Gasteiger partial charge in [0, 0.05) is 0 Å². The minimum Gasteiger partial charge on any atom is -0.507 e. The number of nitrogens with one attached hydrogen (secondary N) is 1. The van der Waals surface area contributed by atoms with Gasteiger partial charge in [-0.1, -0.05) is 0 Å². The zero-order chi connectivity index (χ0) is 12.7. The van der Waals surface area contributed by atoms with Gasteiger partial charge in [-0.2, -0.15) is 0 Å². The number of fused-ring (bicyclic) bond motifs is 1. The molecule has 90 valence electrons. The molecule has 0 bridgehead atoms. The second-order valence-electron chi connectivity index (χ2n) is 3.85. The number of rotatable bonds is 1. The van der Waals surface area contributed by atoms with Crippen LogP contribution in [0.25, 0.3) is 22.6 Å². The topological polar surface area (TPSA) is 87.8 Å². The third-order valence-electron chi connectivity index (χ3n) is 2.58. The Labute approximate surface area is 101 Å². The van der Waals surface area contributed by atoms with E-state index in [4.69, 9.17) is 5.73 Å². The lowest BCUT2D eigenvalue weighted by atomic mass is 10.2. The molecule has 0 aliphatic heterocycles. The molecule has 0 fully saturated rings. The minimum atomic E-state index is -0.448. The first-order valence-electron chi connectivity index (χ1n) is 5.24. The third kappa shape index (κ3) is 1.64. The summed E-state index contributed by atoms with van der Waals surface area (Å²) < 4.78 is 13.2. The van der Waals surface area contributed by atoms with Gasteiger partial charge in [0.1, 0.15) is 23.2 Å². The number of H-pyrrole nitrogens is 1. The number of aromatic nitrogens is 3. The molecule has 2 aromatic heterocycles. The molecule has 0 radical (unpaired) electrons. The molecule has 0 unspecified atom stereocenters. The van der Waals surface area contributed by atoms with E-state index in [9.17, 15) is 9.50 Å². The third-order valence-corrected chi connectivity index (χ3v) is 2.58. The first-order chi connectivity index (χ1) is 8.63. The standard InChI is InChI=1S/C12H9FN4O/c13-6-1-3-9(18)7(5-6)11-15-8-2-4-10(14)16-12(8)17-11/h1-5,18H,(H3,14,15,16,17). The lowest BCUT2D eigenvalue weighted by molar-refractivity contribution is 0.475. The molecule has 3 rings (SSSR count). The van der Waals surface area contributed by atoms with Crippen LogP contribution < -0.4 is 5.73 Å². The number of hydrogen-bond acceptors (Lipinski definition) is 4. The number of anilines is 1. The maximum atomic E-state index is 13.2. The fourth-order valence-electron chi connectivity index (χ4n) is 1.73. The summed E-state index contributed by atoms with van der Waals surface area (Å²) in [5.41, 5.74) is 6.93. The van der Waals surface area contributed by atoms with E-state index >= 15 is 0 Å². The van der Waals surface area contributed by atoms with Gasteiger partial charge in [-0.15, -0.1) is 0 Å². The number of nitrogens with two attached hydrogens (primary N) is 1. The number of pyridine rings is 1. The second kappa shape index (κ2) is 3.69. The van der Waals surface area contributed by atoms with Crippen molar-refractivity contribution in [2.24, 2.45) is 0 Å². The Hall–Kier alpha value is -2.63. The van der Waals surface area contributed by atoms with Gasteiger partial charge < -0.3 is 15.8 Å².